The van der Waals surface area contributed by atoms with Gasteiger partial charge in [0.25, 0.3) is 0 Å². The van der Waals surface area contributed by atoms with E-state index in [1.165, 1.54) is 30.5 Å². The summed E-state index contributed by atoms with van der Waals surface area (Å²) in [6.07, 6.45) is 4.90. The Morgan fingerprint density at radius 3 is 1.81 bits per heavy atom. The third-order valence-electron chi connectivity index (χ3n) is 4.88. The van der Waals surface area contributed by atoms with Gasteiger partial charge in [-0.25, -0.2) is 8.78 Å². The van der Waals surface area contributed by atoms with E-state index in [1.54, 1.807) is 24.3 Å². The van der Waals surface area contributed by atoms with Crippen molar-refractivity contribution in [3.05, 3.63) is 94.6 Å². The molecule has 3 aromatic rings. The molecule has 0 atom stereocenters. The number of halogens is 2. The molecule has 0 aromatic heterocycles. The van der Waals surface area contributed by atoms with Gasteiger partial charge in [-0.3, -0.25) is 0 Å². The van der Waals surface area contributed by atoms with E-state index in [1.807, 2.05) is 19.1 Å². The average molecular weight is 417 g/mol. The van der Waals surface area contributed by atoms with Crippen molar-refractivity contribution in [1.82, 2.24) is 0 Å². The maximum Gasteiger partial charge on any atom is 0.142 e. The minimum absolute atomic E-state index is 0.203. The van der Waals surface area contributed by atoms with Crippen molar-refractivity contribution in [2.75, 3.05) is 0 Å². The van der Waals surface area contributed by atoms with Crippen LogP contribution in [0.1, 0.15) is 55.4 Å². The van der Waals surface area contributed by atoms with Crippen LogP contribution < -0.4 is 0 Å². The van der Waals surface area contributed by atoms with Crippen LogP contribution in [0.25, 0.3) is 0 Å². The van der Waals surface area contributed by atoms with Crippen LogP contribution in [0, 0.1) is 23.5 Å². The van der Waals surface area contributed by atoms with Gasteiger partial charge in [0, 0.05) is 5.56 Å². The van der Waals surface area contributed by atoms with Gasteiger partial charge in [-0.15, -0.1) is 0 Å². The van der Waals surface area contributed by atoms with Crippen molar-refractivity contribution in [1.29, 1.82) is 0 Å². The number of aryl methyl sites for hydroxylation is 2. The van der Waals surface area contributed by atoms with Gasteiger partial charge in [0.1, 0.15) is 11.6 Å². The molecular formula is C27H26F2N2. The monoisotopic (exact) mass is 416 g/mol. The van der Waals surface area contributed by atoms with Crippen LogP contribution in [0.3, 0.4) is 0 Å². The first-order chi connectivity index (χ1) is 15.1. The lowest BCUT2D eigenvalue weighted by Gasteiger charge is -2.02. The number of azo groups is 1. The molecule has 0 aliphatic heterocycles. The molecule has 4 heteroatoms. The zero-order chi connectivity index (χ0) is 22.1. The molecule has 0 bridgehead atoms. The van der Waals surface area contributed by atoms with Crippen LogP contribution in [0.5, 0.6) is 0 Å². The van der Waals surface area contributed by atoms with Crippen LogP contribution in [-0.4, -0.2) is 0 Å². The van der Waals surface area contributed by atoms with Gasteiger partial charge in [-0.2, -0.15) is 10.2 Å². The van der Waals surface area contributed by atoms with E-state index >= 15 is 0 Å². The van der Waals surface area contributed by atoms with Crippen LogP contribution in [0.15, 0.2) is 70.9 Å². The Morgan fingerprint density at radius 2 is 1.26 bits per heavy atom. The molecular weight excluding hydrogens is 390 g/mol. The first-order valence-electron chi connectivity index (χ1n) is 10.7. The van der Waals surface area contributed by atoms with E-state index in [0.717, 1.165) is 18.5 Å². The zero-order valence-electron chi connectivity index (χ0n) is 18.0. The van der Waals surface area contributed by atoms with E-state index in [2.05, 4.69) is 41.1 Å². The summed E-state index contributed by atoms with van der Waals surface area (Å²) in [6, 6.07) is 17.9. The molecule has 0 radical (unpaired) electrons. The predicted molar refractivity (Wildman–Crippen MR) is 122 cm³/mol. The molecule has 0 saturated heterocycles. The second kappa shape index (κ2) is 11.2. The molecule has 31 heavy (non-hydrogen) atoms. The maximum absolute atomic E-state index is 14.2. The SMILES string of the molecule is CCCCc1ccc(N=Nc2ccc(C#Cc3c(F)cc(CCC)cc3F)cc2)cc1. The Morgan fingerprint density at radius 1 is 0.677 bits per heavy atom. The molecule has 0 unspecified atom stereocenters. The molecule has 2 nitrogen and oxygen atoms in total. The van der Waals surface area contributed by atoms with Crippen LogP contribution in [0.4, 0.5) is 20.2 Å². The second-order valence-electron chi connectivity index (χ2n) is 7.45. The van der Waals surface area contributed by atoms with Crippen LogP contribution >= 0.6 is 0 Å². The van der Waals surface area contributed by atoms with Crippen molar-refractivity contribution < 1.29 is 8.78 Å². The van der Waals surface area contributed by atoms with Crippen molar-refractivity contribution in [3.63, 3.8) is 0 Å². The first kappa shape index (κ1) is 22.4. The minimum atomic E-state index is -0.623. The Balaban J connectivity index is 1.67. The molecule has 158 valence electrons. The lowest BCUT2D eigenvalue weighted by molar-refractivity contribution is 0.573. The van der Waals surface area contributed by atoms with Gasteiger partial charge < -0.3 is 0 Å². The van der Waals surface area contributed by atoms with Crippen LogP contribution in [0.2, 0.25) is 0 Å². The highest BCUT2D eigenvalue weighted by atomic mass is 19.1. The second-order valence-corrected chi connectivity index (χ2v) is 7.45. The first-order valence-corrected chi connectivity index (χ1v) is 10.7. The lowest BCUT2D eigenvalue weighted by Crippen LogP contribution is -1.94. The highest BCUT2D eigenvalue weighted by Crippen LogP contribution is 2.20. The molecule has 3 rings (SSSR count). The predicted octanol–water partition coefficient (Wildman–Crippen LogP) is 8.08. The van der Waals surface area contributed by atoms with Crippen molar-refractivity contribution >= 4 is 11.4 Å². The fourth-order valence-electron chi connectivity index (χ4n) is 3.15. The van der Waals surface area contributed by atoms with Gasteiger partial charge in [-0.1, -0.05) is 50.7 Å². The van der Waals surface area contributed by atoms with Gasteiger partial charge in [0.15, 0.2) is 0 Å². The third kappa shape index (κ3) is 6.58. The van der Waals surface area contributed by atoms with Gasteiger partial charge in [-0.05, 0) is 78.9 Å². The average Bonchev–Trinajstić information content (AvgIpc) is 2.77. The fourth-order valence-corrected chi connectivity index (χ4v) is 3.15. The highest BCUT2D eigenvalue weighted by molar-refractivity contribution is 5.49. The summed E-state index contributed by atoms with van der Waals surface area (Å²) >= 11 is 0. The smallest absolute Gasteiger partial charge is 0.142 e. The molecule has 0 amide bonds. The Hall–Kier alpha value is -3.32. The largest absolute Gasteiger partial charge is 0.206 e. The summed E-state index contributed by atoms with van der Waals surface area (Å²) in [5.41, 5.74) is 3.87. The quantitative estimate of drug-likeness (QED) is 0.275. The third-order valence-corrected chi connectivity index (χ3v) is 4.88. The van der Waals surface area contributed by atoms with Crippen molar-refractivity contribution in [2.24, 2.45) is 10.2 Å². The number of rotatable bonds is 7. The highest BCUT2D eigenvalue weighted by Gasteiger charge is 2.08. The number of hydrogen-bond donors (Lipinski definition) is 0. The maximum atomic E-state index is 14.2. The van der Waals surface area contributed by atoms with Gasteiger partial charge >= 0.3 is 0 Å². The van der Waals surface area contributed by atoms with Crippen molar-refractivity contribution in [2.45, 2.75) is 46.0 Å². The molecule has 0 fully saturated rings. The molecule has 3 aromatic carbocycles. The minimum Gasteiger partial charge on any atom is -0.206 e. The molecule has 0 heterocycles. The van der Waals surface area contributed by atoms with E-state index in [4.69, 9.17) is 0 Å². The summed E-state index contributed by atoms with van der Waals surface area (Å²) in [5.74, 6) is 4.18. The summed E-state index contributed by atoms with van der Waals surface area (Å²) in [6.45, 7) is 4.15. The van der Waals surface area contributed by atoms with E-state index in [0.29, 0.717) is 23.2 Å². The summed E-state index contributed by atoms with van der Waals surface area (Å²) < 4.78 is 28.4. The fraction of sp³-hybridized carbons (Fsp3) is 0.259. The Kier molecular flexibility index (Phi) is 8.06. The molecule has 0 N–H and O–H groups in total. The zero-order valence-corrected chi connectivity index (χ0v) is 18.0. The number of unbranched alkanes of at least 4 members (excludes halogenated alkanes) is 1. The summed E-state index contributed by atoms with van der Waals surface area (Å²) in [7, 11) is 0. The van der Waals surface area contributed by atoms with E-state index < -0.39 is 11.6 Å². The number of hydrogen-bond acceptors (Lipinski definition) is 2. The number of nitrogens with zero attached hydrogens (tertiary/aromatic N) is 2. The molecule has 0 saturated carbocycles. The number of benzene rings is 3. The van der Waals surface area contributed by atoms with Crippen molar-refractivity contribution in [3.8, 4) is 11.8 Å². The lowest BCUT2D eigenvalue weighted by atomic mass is 10.1. The van der Waals surface area contributed by atoms with Gasteiger partial charge in [0.2, 0.25) is 0 Å². The molecule has 0 aliphatic carbocycles. The topological polar surface area (TPSA) is 24.7 Å². The van der Waals surface area contributed by atoms with Gasteiger partial charge in [0.05, 0.1) is 16.9 Å². The molecule has 0 spiro atoms. The molecule has 0 aliphatic rings. The Bertz CT molecular complexity index is 1070. The standard InChI is InChI=1S/C27H26F2N2/c1-3-5-7-20-8-13-23(14-9-20)30-31-24-15-10-21(11-16-24)12-17-25-26(28)18-22(6-4-2)19-27(25)29/h8-11,13-16,18-19H,3-7H2,1-2H3. The summed E-state index contributed by atoms with van der Waals surface area (Å²) in [5, 5.41) is 8.50. The summed E-state index contributed by atoms with van der Waals surface area (Å²) in [4.78, 5) is 0. The Labute approximate surface area is 183 Å². The van der Waals surface area contributed by atoms with E-state index in [9.17, 15) is 8.78 Å². The van der Waals surface area contributed by atoms with E-state index in [-0.39, 0.29) is 5.56 Å². The normalized spacial score (nSPS) is 10.8. The van der Waals surface area contributed by atoms with Crippen LogP contribution in [-0.2, 0) is 12.8 Å².